The zero-order chi connectivity index (χ0) is 17.4. The maximum atomic E-state index is 12.2. The van der Waals surface area contributed by atoms with Crippen LogP contribution in [0.4, 0.5) is 0 Å². The third-order valence-electron chi connectivity index (χ3n) is 4.83. The van der Waals surface area contributed by atoms with Crippen LogP contribution in [0.1, 0.15) is 40.5 Å². The monoisotopic (exact) mass is 342 g/mol. The summed E-state index contributed by atoms with van der Waals surface area (Å²) in [5.41, 5.74) is 5.96. The normalized spacial score (nSPS) is 30.3. The van der Waals surface area contributed by atoms with Crippen molar-refractivity contribution in [2.75, 3.05) is 11.5 Å². The molecule has 0 bridgehead atoms. The molecule has 1 aliphatic carbocycles. The fraction of sp³-hybridized carbons (Fsp3) is 0.750. The highest BCUT2D eigenvalue weighted by Gasteiger charge is 2.60. The molecule has 23 heavy (non-hydrogen) atoms. The topological polar surface area (TPSA) is 92.3 Å². The molecule has 0 spiro atoms. The zero-order valence-electron chi connectivity index (χ0n) is 14.2. The largest absolute Gasteiger partial charge is 0.273 e. The van der Waals surface area contributed by atoms with Gasteiger partial charge < -0.3 is 0 Å². The van der Waals surface area contributed by atoms with Crippen molar-refractivity contribution in [2.45, 2.75) is 40.5 Å². The smallest absolute Gasteiger partial charge is 0.242 e. The highest BCUT2D eigenvalue weighted by molar-refractivity contribution is 7.91. The lowest BCUT2D eigenvalue weighted by Crippen LogP contribution is -2.43. The van der Waals surface area contributed by atoms with Crippen LogP contribution in [-0.2, 0) is 19.4 Å². The molecule has 1 heterocycles. The Hall–Kier alpha value is -1.37. The van der Waals surface area contributed by atoms with Crippen LogP contribution in [0.25, 0.3) is 0 Å². The van der Waals surface area contributed by atoms with Gasteiger partial charge in [0.05, 0.1) is 17.4 Å². The number of allylic oxidation sites excluding steroid dienone is 2. The van der Waals surface area contributed by atoms with E-state index in [0.29, 0.717) is 6.42 Å². The highest BCUT2D eigenvalue weighted by atomic mass is 32.2. The first-order valence-electron chi connectivity index (χ1n) is 7.97. The number of hydrogen-bond donors (Lipinski definition) is 2. The Balaban J connectivity index is 1.79. The maximum Gasteiger partial charge on any atom is 0.242 e. The quantitative estimate of drug-likeness (QED) is 0.593. The molecule has 1 saturated heterocycles. The predicted molar refractivity (Wildman–Crippen MR) is 87.9 cm³/mol. The van der Waals surface area contributed by atoms with Crippen molar-refractivity contribution < 1.29 is 18.0 Å². The summed E-state index contributed by atoms with van der Waals surface area (Å²) >= 11 is 0. The molecule has 3 atom stereocenters. The van der Waals surface area contributed by atoms with Crippen molar-refractivity contribution in [1.82, 2.24) is 10.9 Å². The third-order valence-corrected chi connectivity index (χ3v) is 6.67. The van der Waals surface area contributed by atoms with Crippen LogP contribution in [0, 0.1) is 23.2 Å². The Kier molecular flexibility index (Phi) is 4.89. The molecule has 1 saturated carbocycles. The number of nitrogens with one attached hydrogen (secondary N) is 2. The molecule has 0 unspecified atom stereocenters. The first-order valence-corrected chi connectivity index (χ1v) is 9.79. The molecule has 130 valence electrons. The van der Waals surface area contributed by atoms with E-state index >= 15 is 0 Å². The standard InChI is InChI=1S/C16H26N2O4S/c1-10(2)7-12-14(16(12,3)4)15(20)18-17-13(19)8-11-5-6-23(21,22)9-11/h7,11-12,14H,5-6,8-9H2,1-4H3,(H,17,19)(H,18,20)/t11-,12+,14+/m0/s1. The van der Waals surface area contributed by atoms with Gasteiger partial charge in [0, 0.05) is 6.42 Å². The van der Waals surface area contributed by atoms with Crippen molar-refractivity contribution in [3.05, 3.63) is 11.6 Å². The van der Waals surface area contributed by atoms with Gasteiger partial charge in [-0.1, -0.05) is 25.5 Å². The molecular formula is C16H26N2O4S. The van der Waals surface area contributed by atoms with Gasteiger partial charge in [0.25, 0.3) is 0 Å². The Morgan fingerprint density at radius 3 is 2.39 bits per heavy atom. The molecule has 0 aromatic carbocycles. The van der Waals surface area contributed by atoms with Gasteiger partial charge in [-0.25, -0.2) is 8.42 Å². The summed E-state index contributed by atoms with van der Waals surface area (Å²) < 4.78 is 22.7. The van der Waals surface area contributed by atoms with Crippen molar-refractivity contribution in [2.24, 2.45) is 23.2 Å². The second-order valence-corrected chi connectivity index (χ2v) is 9.81. The summed E-state index contributed by atoms with van der Waals surface area (Å²) in [5, 5.41) is 0. The number of sulfone groups is 1. The molecule has 2 N–H and O–H groups in total. The Morgan fingerprint density at radius 2 is 1.87 bits per heavy atom. The van der Waals surface area contributed by atoms with Crippen LogP contribution < -0.4 is 10.9 Å². The molecular weight excluding hydrogens is 316 g/mol. The minimum atomic E-state index is -2.98. The summed E-state index contributed by atoms with van der Waals surface area (Å²) in [4.78, 5) is 24.1. The second-order valence-electron chi connectivity index (χ2n) is 7.58. The van der Waals surface area contributed by atoms with E-state index in [4.69, 9.17) is 0 Å². The van der Waals surface area contributed by atoms with Crippen molar-refractivity contribution in [3.63, 3.8) is 0 Å². The summed E-state index contributed by atoms with van der Waals surface area (Å²) in [6.07, 6.45) is 2.74. The van der Waals surface area contributed by atoms with E-state index in [0.717, 1.165) is 0 Å². The van der Waals surface area contributed by atoms with Gasteiger partial charge in [0.15, 0.2) is 9.84 Å². The maximum absolute atomic E-state index is 12.2. The number of rotatable bonds is 4. The number of amides is 2. The van der Waals surface area contributed by atoms with Gasteiger partial charge >= 0.3 is 0 Å². The number of hydrogen-bond acceptors (Lipinski definition) is 4. The lowest BCUT2D eigenvalue weighted by molar-refractivity contribution is -0.130. The van der Waals surface area contributed by atoms with E-state index in [1.807, 2.05) is 27.7 Å². The Bertz CT molecular complexity index is 632. The van der Waals surface area contributed by atoms with Gasteiger partial charge in [-0.3, -0.25) is 20.4 Å². The van der Waals surface area contributed by atoms with Gasteiger partial charge in [-0.05, 0) is 37.5 Å². The highest BCUT2D eigenvalue weighted by Crippen LogP contribution is 2.59. The van der Waals surface area contributed by atoms with Crippen LogP contribution in [0.3, 0.4) is 0 Å². The van der Waals surface area contributed by atoms with E-state index in [1.54, 1.807) is 0 Å². The summed E-state index contributed by atoms with van der Waals surface area (Å²) in [7, 11) is -2.98. The van der Waals surface area contributed by atoms with Crippen molar-refractivity contribution in [3.8, 4) is 0 Å². The molecule has 6 nitrogen and oxygen atoms in total. The molecule has 0 radical (unpaired) electrons. The molecule has 2 fully saturated rings. The first kappa shape index (κ1) is 18.0. The number of carbonyl (C=O) groups excluding carboxylic acids is 2. The average molecular weight is 342 g/mol. The van der Waals surface area contributed by atoms with Crippen molar-refractivity contribution in [1.29, 1.82) is 0 Å². The second kappa shape index (κ2) is 6.26. The van der Waals surface area contributed by atoms with Crippen LogP contribution in [0.15, 0.2) is 11.6 Å². The molecule has 2 rings (SSSR count). The number of carbonyl (C=O) groups is 2. The van der Waals surface area contributed by atoms with E-state index in [1.165, 1.54) is 5.57 Å². The van der Waals surface area contributed by atoms with E-state index in [9.17, 15) is 18.0 Å². The third kappa shape index (κ3) is 4.34. The molecule has 1 aliphatic heterocycles. The average Bonchev–Trinajstić information content (AvgIpc) is 2.74. The van der Waals surface area contributed by atoms with Gasteiger partial charge in [-0.15, -0.1) is 0 Å². The minimum Gasteiger partial charge on any atom is -0.273 e. The lowest BCUT2D eigenvalue weighted by atomic mass is 10.1. The fourth-order valence-electron chi connectivity index (χ4n) is 3.40. The van der Waals surface area contributed by atoms with E-state index < -0.39 is 9.84 Å². The molecule has 2 aliphatic rings. The minimum absolute atomic E-state index is 0.0622. The first-order chi connectivity index (χ1) is 10.5. The van der Waals surface area contributed by atoms with Crippen LogP contribution >= 0.6 is 0 Å². The molecule has 0 aromatic rings. The summed E-state index contributed by atoms with van der Waals surface area (Å²) in [6, 6.07) is 0. The Labute approximate surface area is 138 Å². The number of hydrazine groups is 1. The van der Waals surface area contributed by atoms with Crippen LogP contribution in [0.5, 0.6) is 0 Å². The van der Waals surface area contributed by atoms with E-state index in [2.05, 4.69) is 16.9 Å². The Morgan fingerprint density at radius 1 is 1.22 bits per heavy atom. The van der Waals surface area contributed by atoms with Gasteiger partial charge in [0.2, 0.25) is 11.8 Å². The van der Waals surface area contributed by atoms with Crippen LogP contribution in [-0.4, -0.2) is 31.7 Å². The SMILES string of the molecule is CC(C)=C[C@@H]1[C@H](C(=O)NNC(=O)C[C@@H]2CCS(=O)(=O)C2)C1(C)C. The molecule has 0 aromatic heterocycles. The van der Waals surface area contributed by atoms with Gasteiger partial charge in [0.1, 0.15) is 0 Å². The summed E-state index contributed by atoms with van der Waals surface area (Å²) in [5.74, 6) is -0.422. The molecule has 2 amide bonds. The van der Waals surface area contributed by atoms with E-state index in [-0.39, 0.29) is 52.9 Å². The zero-order valence-corrected chi connectivity index (χ0v) is 15.0. The fourth-order valence-corrected chi connectivity index (χ4v) is 5.27. The predicted octanol–water partition coefficient (Wildman–Crippen LogP) is 1.20. The summed E-state index contributed by atoms with van der Waals surface area (Å²) in [6.45, 7) is 8.07. The lowest BCUT2D eigenvalue weighted by Gasteiger charge is -2.10. The molecule has 7 heteroatoms. The van der Waals surface area contributed by atoms with Crippen LogP contribution in [0.2, 0.25) is 0 Å². The van der Waals surface area contributed by atoms with Gasteiger partial charge in [-0.2, -0.15) is 0 Å². The van der Waals surface area contributed by atoms with Crippen molar-refractivity contribution >= 4 is 21.7 Å².